The van der Waals surface area contributed by atoms with Gasteiger partial charge in [0.25, 0.3) is 0 Å². The maximum atomic E-state index is 12.3. The number of likely N-dealkylation sites (tertiary alicyclic amines) is 1. The van der Waals surface area contributed by atoms with E-state index in [1.807, 2.05) is 24.1 Å². The second-order valence-corrected chi connectivity index (χ2v) is 5.79. The van der Waals surface area contributed by atoms with Crippen LogP contribution in [0, 0.1) is 6.92 Å². The number of hydrogen-bond donors (Lipinski definition) is 1. The van der Waals surface area contributed by atoms with Gasteiger partial charge in [0.15, 0.2) is 0 Å². The topological polar surface area (TPSA) is 32.3 Å². The number of carbonyl (C=O) groups excluding carboxylic acids is 1. The summed E-state index contributed by atoms with van der Waals surface area (Å²) in [6.07, 6.45) is 2.59. The molecule has 1 fully saturated rings. The van der Waals surface area contributed by atoms with Gasteiger partial charge < -0.3 is 10.2 Å². The third-order valence-electron chi connectivity index (χ3n) is 4.43. The Bertz CT molecular complexity index is 448. The number of carbonyl (C=O) groups is 1. The molecule has 0 bridgehead atoms. The third kappa shape index (κ3) is 3.35. The molecule has 1 aliphatic heterocycles. The summed E-state index contributed by atoms with van der Waals surface area (Å²) < 4.78 is 0. The predicted molar refractivity (Wildman–Crippen MR) is 78.2 cm³/mol. The number of hydrogen-bond acceptors (Lipinski definition) is 2. The summed E-state index contributed by atoms with van der Waals surface area (Å²) >= 11 is 0. The van der Waals surface area contributed by atoms with E-state index in [1.54, 1.807) is 0 Å². The van der Waals surface area contributed by atoms with E-state index < -0.39 is 0 Å². The fourth-order valence-corrected chi connectivity index (χ4v) is 2.58. The molecule has 3 heteroatoms. The van der Waals surface area contributed by atoms with Crippen LogP contribution in [0.3, 0.4) is 0 Å². The van der Waals surface area contributed by atoms with Crippen LogP contribution in [0.2, 0.25) is 0 Å². The first kappa shape index (κ1) is 14.1. The number of amides is 1. The molecule has 1 aromatic carbocycles. The third-order valence-corrected chi connectivity index (χ3v) is 4.43. The normalized spacial score (nSPS) is 18.4. The molecule has 2 rings (SSSR count). The lowest BCUT2D eigenvalue weighted by Crippen LogP contribution is -2.51. The fraction of sp³-hybridized carbons (Fsp3) is 0.562. The van der Waals surface area contributed by atoms with Gasteiger partial charge in [-0.1, -0.05) is 24.3 Å². The largest absolute Gasteiger partial charge is 0.342 e. The highest BCUT2D eigenvalue weighted by molar-refractivity contribution is 5.79. The lowest BCUT2D eigenvalue weighted by atomic mass is 9.89. The molecular formula is C16H24N2O. The highest BCUT2D eigenvalue weighted by Gasteiger charge is 2.30. The van der Waals surface area contributed by atoms with Gasteiger partial charge >= 0.3 is 0 Å². The lowest BCUT2D eigenvalue weighted by Gasteiger charge is -2.39. The standard InChI is InChI=1S/C16H24N2O/c1-13-6-4-5-7-14(13)12-15(19)18-10-8-16(2,17-3)9-11-18/h4-7,17H,8-12H2,1-3H3. The monoisotopic (exact) mass is 260 g/mol. The van der Waals surface area contributed by atoms with E-state index in [1.165, 1.54) is 5.56 Å². The molecule has 0 saturated carbocycles. The fourth-order valence-electron chi connectivity index (χ4n) is 2.58. The van der Waals surface area contributed by atoms with Crippen molar-refractivity contribution in [2.24, 2.45) is 0 Å². The Kier molecular flexibility index (Phi) is 4.25. The van der Waals surface area contributed by atoms with Crippen molar-refractivity contribution in [2.75, 3.05) is 20.1 Å². The Labute approximate surface area is 116 Å². The number of rotatable bonds is 3. The van der Waals surface area contributed by atoms with Gasteiger partial charge in [-0.25, -0.2) is 0 Å². The zero-order valence-electron chi connectivity index (χ0n) is 12.2. The Morgan fingerprint density at radius 3 is 2.53 bits per heavy atom. The molecule has 0 unspecified atom stereocenters. The van der Waals surface area contributed by atoms with E-state index in [0.717, 1.165) is 31.5 Å². The zero-order valence-corrected chi connectivity index (χ0v) is 12.2. The minimum Gasteiger partial charge on any atom is -0.342 e. The summed E-state index contributed by atoms with van der Waals surface area (Å²) in [7, 11) is 2.00. The number of nitrogens with one attached hydrogen (secondary N) is 1. The molecule has 1 heterocycles. The van der Waals surface area contributed by atoms with Gasteiger partial charge in [-0.15, -0.1) is 0 Å². The summed E-state index contributed by atoms with van der Waals surface area (Å²) in [5, 5.41) is 3.36. The quantitative estimate of drug-likeness (QED) is 0.903. The van der Waals surface area contributed by atoms with Crippen molar-refractivity contribution >= 4 is 5.91 Å². The van der Waals surface area contributed by atoms with E-state index in [0.29, 0.717) is 6.42 Å². The van der Waals surface area contributed by atoms with Crippen molar-refractivity contribution < 1.29 is 4.79 Å². The smallest absolute Gasteiger partial charge is 0.227 e. The number of piperidine rings is 1. The van der Waals surface area contributed by atoms with Crippen molar-refractivity contribution in [3.05, 3.63) is 35.4 Å². The Morgan fingerprint density at radius 1 is 1.32 bits per heavy atom. The number of benzene rings is 1. The van der Waals surface area contributed by atoms with Crippen LogP contribution >= 0.6 is 0 Å². The van der Waals surface area contributed by atoms with Gasteiger partial charge in [0.2, 0.25) is 5.91 Å². The molecular weight excluding hydrogens is 236 g/mol. The summed E-state index contributed by atoms with van der Waals surface area (Å²) in [6.45, 7) is 6.02. The van der Waals surface area contributed by atoms with Crippen LogP contribution in [-0.4, -0.2) is 36.5 Å². The van der Waals surface area contributed by atoms with Gasteiger partial charge in [-0.2, -0.15) is 0 Å². The van der Waals surface area contributed by atoms with Crippen LogP contribution in [0.15, 0.2) is 24.3 Å². The molecule has 104 valence electrons. The second kappa shape index (κ2) is 5.74. The molecule has 1 aromatic rings. The zero-order chi connectivity index (χ0) is 13.9. The molecule has 1 N–H and O–H groups in total. The van der Waals surface area contributed by atoms with Crippen LogP contribution in [0.4, 0.5) is 0 Å². The lowest BCUT2D eigenvalue weighted by molar-refractivity contribution is -0.132. The van der Waals surface area contributed by atoms with Crippen molar-refractivity contribution in [1.82, 2.24) is 10.2 Å². The molecule has 3 nitrogen and oxygen atoms in total. The van der Waals surface area contributed by atoms with E-state index in [-0.39, 0.29) is 11.4 Å². The van der Waals surface area contributed by atoms with Crippen molar-refractivity contribution in [3.63, 3.8) is 0 Å². The summed E-state index contributed by atoms with van der Waals surface area (Å²) in [6, 6.07) is 8.14. The molecule has 19 heavy (non-hydrogen) atoms. The minimum absolute atomic E-state index is 0.194. The Morgan fingerprint density at radius 2 is 1.95 bits per heavy atom. The first-order chi connectivity index (χ1) is 9.04. The van der Waals surface area contributed by atoms with E-state index in [9.17, 15) is 4.79 Å². The second-order valence-electron chi connectivity index (χ2n) is 5.79. The number of aryl methyl sites for hydroxylation is 1. The van der Waals surface area contributed by atoms with E-state index >= 15 is 0 Å². The molecule has 0 spiro atoms. The first-order valence-electron chi connectivity index (χ1n) is 7.05. The number of nitrogens with zero attached hydrogens (tertiary/aromatic N) is 1. The van der Waals surface area contributed by atoms with E-state index in [4.69, 9.17) is 0 Å². The van der Waals surface area contributed by atoms with Crippen molar-refractivity contribution in [1.29, 1.82) is 0 Å². The van der Waals surface area contributed by atoms with Gasteiger partial charge in [0, 0.05) is 18.6 Å². The molecule has 0 aromatic heterocycles. The van der Waals surface area contributed by atoms with Crippen molar-refractivity contribution in [2.45, 2.75) is 38.6 Å². The summed E-state index contributed by atoms with van der Waals surface area (Å²) in [5.41, 5.74) is 2.54. The Hall–Kier alpha value is -1.35. The van der Waals surface area contributed by atoms with Crippen molar-refractivity contribution in [3.8, 4) is 0 Å². The van der Waals surface area contributed by atoms with Crippen LogP contribution in [-0.2, 0) is 11.2 Å². The Balaban J connectivity index is 1.94. The maximum Gasteiger partial charge on any atom is 0.227 e. The van der Waals surface area contributed by atoms with E-state index in [2.05, 4.69) is 31.3 Å². The molecule has 0 aliphatic carbocycles. The maximum absolute atomic E-state index is 12.3. The average Bonchev–Trinajstić information content (AvgIpc) is 2.42. The highest BCUT2D eigenvalue weighted by Crippen LogP contribution is 2.22. The van der Waals surface area contributed by atoms with Crippen LogP contribution in [0.5, 0.6) is 0 Å². The average molecular weight is 260 g/mol. The molecule has 1 amide bonds. The predicted octanol–water partition coefficient (Wildman–Crippen LogP) is 2.14. The molecule has 0 atom stereocenters. The van der Waals surface area contributed by atoms with Gasteiger partial charge in [-0.05, 0) is 44.9 Å². The highest BCUT2D eigenvalue weighted by atomic mass is 16.2. The van der Waals surface area contributed by atoms with Gasteiger partial charge in [-0.3, -0.25) is 4.79 Å². The minimum atomic E-state index is 0.194. The molecule has 1 saturated heterocycles. The summed E-state index contributed by atoms with van der Waals surface area (Å²) in [5.74, 6) is 0.257. The molecule has 1 aliphatic rings. The molecule has 0 radical (unpaired) electrons. The first-order valence-corrected chi connectivity index (χ1v) is 7.05. The van der Waals surface area contributed by atoms with Crippen LogP contribution < -0.4 is 5.32 Å². The van der Waals surface area contributed by atoms with Gasteiger partial charge in [0.05, 0.1) is 6.42 Å². The van der Waals surface area contributed by atoms with Gasteiger partial charge in [0.1, 0.15) is 0 Å². The van der Waals surface area contributed by atoms with Crippen LogP contribution in [0.1, 0.15) is 30.9 Å². The SMILES string of the molecule is CNC1(C)CCN(C(=O)Cc2ccccc2C)CC1. The summed E-state index contributed by atoms with van der Waals surface area (Å²) in [4.78, 5) is 14.3. The van der Waals surface area contributed by atoms with Crippen LogP contribution in [0.25, 0.3) is 0 Å².